The van der Waals surface area contributed by atoms with Gasteiger partial charge >= 0.3 is 0 Å². The molecule has 0 saturated heterocycles. The van der Waals surface area contributed by atoms with Crippen LogP contribution in [0, 0.1) is 0 Å². The van der Waals surface area contributed by atoms with Crippen LogP contribution in [-0.4, -0.2) is 33.7 Å². The van der Waals surface area contributed by atoms with Crippen molar-refractivity contribution in [2.75, 3.05) is 18.1 Å². The van der Waals surface area contributed by atoms with Gasteiger partial charge in [0.15, 0.2) is 0 Å². The van der Waals surface area contributed by atoms with E-state index in [1.54, 1.807) is 0 Å². The van der Waals surface area contributed by atoms with Crippen molar-refractivity contribution in [1.29, 1.82) is 0 Å². The number of hydrogen-bond acceptors (Lipinski definition) is 4. The van der Waals surface area contributed by atoms with Crippen molar-refractivity contribution < 1.29 is 0 Å². The van der Waals surface area contributed by atoms with Gasteiger partial charge in [-0.15, -0.1) is 23.5 Å². The van der Waals surface area contributed by atoms with E-state index in [4.69, 9.17) is 0 Å². The fourth-order valence-electron chi connectivity index (χ4n) is 1.16. The predicted octanol–water partition coefficient (Wildman–Crippen LogP) is 2.06. The lowest BCUT2D eigenvalue weighted by Gasteiger charge is -2.09. The summed E-state index contributed by atoms with van der Waals surface area (Å²) in [5.74, 6) is 2.23. The molecule has 0 bridgehead atoms. The van der Waals surface area contributed by atoms with Gasteiger partial charge < -0.3 is 0 Å². The Kier molecular flexibility index (Phi) is 2.21. The summed E-state index contributed by atoms with van der Waals surface area (Å²) in [5, 5.41) is 2.34. The second-order valence-corrected chi connectivity index (χ2v) is 5.60. The smallest absolute Gasteiger partial charge is 0.123 e. The van der Waals surface area contributed by atoms with Crippen molar-refractivity contribution in [1.82, 2.24) is 0 Å². The molecule has 0 unspecified atom stereocenters. The zero-order chi connectivity index (χ0) is 8.60. The first-order valence-corrected chi connectivity index (χ1v) is 6.05. The van der Waals surface area contributed by atoms with Crippen molar-refractivity contribution in [3.8, 4) is 0 Å². The van der Waals surface area contributed by atoms with Crippen LogP contribution in [-0.2, 0) is 0 Å². The normalized spacial score (nSPS) is 27.2. The maximum atomic E-state index is 4.63. The highest BCUT2D eigenvalue weighted by Gasteiger charge is 2.28. The Bertz CT molecular complexity index is 256. The summed E-state index contributed by atoms with van der Waals surface area (Å²) in [7, 11) is 0. The molecule has 0 saturated carbocycles. The molecule has 0 aromatic rings. The summed E-state index contributed by atoms with van der Waals surface area (Å²) < 4.78 is 0. The van der Waals surface area contributed by atoms with Gasteiger partial charge in [0.2, 0.25) is 0 Å². The third kappa shape index (κ3) is 1.69. The molecule has 0 atom stereocenters. The van der Waals surface area contributed by atoms with Gasteiger partial charge in [-0.1, -0.05) is 0 Å². The van der Waals surface area contributed by atoms with Crippen LogP contribution in [0.15, 0.2) is 9.98 Å². The van der Waals surface area contributed by atoms with E-state index in [0.717, 1.165) is 18.1 Å². The monoisotopic (exact) mass is 200 g/mol. The van der Waals surface area contributed by atoms with E-state index in [0.29, 0.717) is 0 Å². The lowest BCUT2D eigenvalue weighted by molar-refractivity contribution is 0.606. The molecule has 0 radical (unpaired) electrons. The topological polar surface area (TPSA) is 24.7 Å². The number of nitrogens with zero attached hydrogens (tertiary/aromatic N) is 2. The fourth-order valence-corrected chi connectivity index (χ4v) is 3.29. The summed E-state index contributed by atoms with van der Waals surface area (Å²) in [6.07, 6.45) is 0. The summed E-state index contributed by atoms with van der Waals surface area (Å²) in [6, 6.07) is 0. The van der Waals surface area contributed by atoms with Crippen LogP contribution in [0.3, 0.4) is 0 Å². The molecule has 2 aliphatic heterocycles. The van der Waals surface area contributed by atoms with Crippen LogP contribution in [0.4, 0.5) is 0 Å². The average Bonchev–Trinajstić information content (AvgIpc) is 2.55. The van der Waals surface area contributed by atoms with E-state index >= 15 is 0 Å². The summed E-state index contributed by atoms with van der Waals surface area (Å²) in [6.45, 7) is 5.32. The Morgan fingerprint density at radius 1 is 1.25 bits per heavy atom. The molecule has 12 heavy (non-hydrogen) atoms. The lowest BCUT2D eigenvalue weighted by atomic mass is 10.1. The van der Waals surface area contributed by atoms with Crippen LogP contribution in [0.2, 0.25) is 0 Å². The highest BCUT2D eigenvalue weighted by molar-refractivity contribution is 8.25. The first kappa shape index (κ1) is 8.63. The number of hydrogen-bond donors (Lipinski definition) is 0. The van der Waals surface area contributed by atoms with E-state index in [-0.39, 0.29) is 5.54 Å². The number of aliphatic imine (C=N–C) groups is 2. The molecule has 0 aromatic carbocycles. The molecular weight excluding hydrogens is 188 g/mol. The minimum Gasteiger partial charge on any atom is -0.275 e. The zero-order valence-electron chi connectivity index (χ0n) is 7.33. The van der Waals surface area contributed by atoms with Crippen LogP contribution < -0.4 is 0 Å². The Balaban J connectivity index is 2.15. The van der Waals surface area contributed by atoms with Gasteiger partial charge in [0, 0.05) is 18.1 Å². The molecule has 0 aliphatic carbocycles. The van der Waals surface area contributed by atoms with Gasteiger partial charge in [0.25, 0.3) is 0 Å². The van der Waals surface area contributed by atoms with Crippen LogP contribution in [0.1, 0.15) is 13.8 Å². The Labute approximate surface area is 81.3 Å². The standard InChI is InChI=1S/C8H12N2S2/c1-8(2)5-12-7(10-8)6-9-3-4-11-6/h3-5H2,1-2H3. The van der Waals surface area contributed by atoms with E-state index in [2.05, 4.69) is 23.8 Å². The molecule has 2 nitrogen and oxygen atoms in total. The largest absolute Gasteiger partial charge is 0.275 e. The Morgan fingerprint density at radius 2 is 2.08 bits per heavy atom. The van der Waals surface area contributed by atoms with Crippen LogP contribution >= 0.6 is 23.5 Å². The highest BCUT2D eigenvalue weighted by atomic mass is 32.2. The first-order valence-electron chi connectivity index (χ1n) is 4.08. The quantitative estimate of drug-likeness (QED) is 0.647. The van der Waals surface area contributed by atoms with E-state index in [1.165, 1.54) is 10.1 Å². The maximum Gasteiger partial charge on any atom is 0.123 e. The summed E-state index contributed by atoms with van der Waals surface area (Å²) >= 11 is 3.68. The van der Waals surface area contributed by atoms with E-state index in [9.17, 15) is 0 Å². The molecule has 2 aliphatic rings. The molecule has 2 rings (SSSR count). The number of rotatable bonds is 1. The first-order chi connectivity index (χ1) is 5.67. The molecule has 0 spiro atoms. The van der Waals surface area contributed by atoms with Crippen molar-refractivity contribution >= 4 is 33.6 Å². The molecule has 0 fully saturated rings. The predicted molar refractivity (Wildman–Crippen MR) is 58.7 cm³/mol. The van der Waals surface area contributed by atoms with Gasteiger partial charge in [-0.05, 0) is 13.8 Å². The second-order valence-electron chi connectivity index (χ2n) is 3.55. The zero-order valence-corrected chi connectivity index (χ0v) is 8.97. The maximum absolute atomic E-state index is 4.63. The molecule has 2 heterocycles. The molecule has 0 N–H and O–H groups in total. The van der Waals surface area contributed by atoms with Gasteiger partial charge in [-0.3, -0.25) is 9.98 Å². The van der Waals surface area contributed by atoms with Gasteiger partial charge in [-0.2, -0.15) is 0 Å². The van der Waals surface area contributed by atoms with Gasteiger partial charge in [0.05, 0.1) is 5.54 Å². The van der Waals surface area contributed by atoms with Gasteiger partial charge in [0.1, 0.15) is 10.1 Å². The number of thioether (sulfide) groups is 2. The minimum atomic E-state index is 0.131. The van der Waals surface area contributed by atoms with E-state index in [1.807, 2.05) is 23.5 Å². The van der Waals surface area contributed by atoms with E-state index < -0.39 is 0 Å². The summed E-state index contributed by atoms with van der Waals surface area (Å²) in [4.78, 5) is 9.04. The molecule has 0 amide bonds. The SMILES string of the molecule is CC1(C)CSC(C2=NCCS2)=N1. The van der Waals surface area contributed by atoms with Crippen molar-refractivity contribution in [3.05, 3.63) is 0 Å². The second kappa shape index (κ2) is 3.07. The van der Waals surface area contributed by atoms with Crippen molar-refractivity contribution in [2.24, 2.45) is 9.98 Å². The van der Waals surface area contributed by atoms with Crippen molar-refractivity contribution in [2.45, 2.75) is 19.4 Å². The summed E-state index contributed by atoms with van der Waals surface area (Å²) in [5.41, 5.74) is 0.131. The third-order valence-corrected chi connectivity index (χ3v) is 4.26. The fraction of sp³-hybridized carbons (Fsp3) is 0.750. The van der Waals surface area contributed by atoms with Crippen LogP contribution in [0.5, 0.6) is 0 Å². The van der Waals surface area contributed by atoms with Crippen molar-refractivity contribution in [3.63, 3.8) is 0 Å². The molecular formula is C8H12N2S2. The lowest BCUT2D eigenvalue weighted by Crippen LogP contribution is -2.15. The minimum absolute atomic E-state index is 0.131. The highest BCUT2D eigenvalue weighted by Crippen LogP contribution is 2.31. The third-order valence-electron chi connectivity index (χ3n) is 1.73. The van der Waals surface area contributed by atoms with Gasteiger partial charge in [-0.25, -0.2) is 0 Å². The Morgan fingerprint density at radius 3 is 2.58 bits per heavy atom. The molecule has 0 aromatic heterocycles. The molecule has 4 heteroatoms. The Hall–Kier alpha value is 0.0400. The molecule has 66 valence electrons. The average molecular weight is 200 g/mol. The van der Waals surface area contributed by atoms with Crippen LogP contribution in [0.25, 0.3) is 0 Å².